The van der Waals surface area contributed by atoms with Crippen molar-refractivity contribution in [2.24, 2.45) is 5.92 Å². The van der Waals surface area contributed by atoms with E-state index >= 15 is 0 Å². The zero-order valence-corrected chi connectivity index (χ0v) is 13.4. The van der Waals surface area contributed by atoms with Gasteiger partial charge in [-0.3, -0.25) is 15.0 Å². The molecule has 0 bridgehead atoms. The Bertz CT molecular complexity index is 430. The van der Waals surface area contributed by atoms with E-state index < -0.39 is 4.92 Å². The molecule has 1 unspecified atom stereocenters. The number of hydrogen-bond donors (Lipinski definition) is 1. The van der Waals surface area contributed by atoms with Crippen molar-refractivity contribution in [2.45, 2.75) is 40.2 Å². The van der Waals surface area contributed by atoms with E-state index in [0.717, 1.165) is 26.1 Å². The molecule has 0 saturated heterocycles. The standard InChI is InChI=1S/C15H26N4O2/c1-5-18(6-2)14(9-12(3)4)11-17-15-8-7-13(10-16-15)19(20)21/h7-8,10,12,14H,5-6,9,11H2,1-4H3,(H,16,17). The topological polar surface area (TPSA) is 71.3 Å². The average molecular weight is 294 g/mol. The molecule has 1 rings (SSSR count). The highest BCUT2D eigenvalue weighted by molar-refractivity contribution is 5.40. The number of hydrogen-bond acceptors (Lipinski definition) is 5. The third-order valence-corrected chi connectivity index (χ3v) is 3.55. The molecule has 1 atom stereocenters. The monoisotopic (exact) mass is 294 g/mol. The number of pyridine rings is 1. The summed E-state index contributed by atoms with van der Waals surface area (Å²) in [4.78, 5) is 16.7. The highest BCUT2D eigenvalue weighted by atomic mass is 16.6. The van der Waals surface area contributed by atoms with Gasteiger partial charge in [0, 0.05) is 18.7 Å². The van der Waals surface area contributed by atoms with Gasteiger partial charge in [0.15, 0.2) is 0 Å². The first-order chi connectivity index (χ1) is 9.97. The number of nitro groups is 1. The number of aromatic nitrogens is 1. The minimum absolute atomic E-state index is 0.0167. The van der Waals surface area contributed by atoms with Crippen LogP contribution in [0.3, 0.4) is 0 Å². The van der Waals surface area contributed by atoms with E-state index in [2.05, 4.69) is 42.9 Å². The van der Waals surface area contributed by atoms with Crippen molar-refractivity contribution < 1.29 is 4.92 Å². The molecule has 6 heteroatoms. The quantitative estimate of drug-likeness (QED) is 0.559. The zero-order valence-electron chi connectivity index (χ0n) is 13.4. The maximum Gasteiger partial charge on any atom is 0.287 e. The minimum atomic E-state index is -0.436. The summed E-state index contributed by atoms with van der Waals surface area (Å²) in [5.41, 5.74) is 0.0167. The molecule has 0 spiro atoms. The average Bonchev–Trinajstić information content (AvgIpc) is 2.45. The minimum Gasteiger partial charge on any atom is -0.368 e. The van der Waals surface area contributed by atoms with Gasteiger partial charge >= 0.3 is 0 Å². The summed E-state index contributed by atoms with van der Waals surface area (Å²) >= 11 is 0. The Balaban J connectivity index is 2.64. The van der Waals surface area contributed by atoms with Gasteiger partial charge in [0.1, 0.15) is 12.0 Å². The van der Waals surface area contributed by atoms with E-state index in [1.54, 1.807) is 6.07 Å². The first-order valence-electron chi connectivity index (χ1n) is 7.56. The Hall–Kier alpha value is -1.69. The molecule has 0 fully saturated rings. The number of nitrogens with one attached hydrogen (secondary N) is 1. The molecule has 6 nitrogen and oxygen atoms in total. The lowest BCUT2D eigenvalue weighted by atomic mass is 10.0. The Labute approximate surface area is 126 Å². The van der Waals surface area contributed by atoms with E-state index in [-0.39, 0.29) is 5.69 Å². The molecule has 21 heavy (non-hydrogen) atoms. The van der Waals surface area contributed by atoms with Crippen LogP contribution >= 0.6 is 0 Å². The zero-order chi connectivity index (χ0) is 15.8. The van der Waals surface area contributed by atoms with Gasteiger partial charge in [0.2, 0.25) is 0 Å². The maximum absolute atomic E-state index is 10.6. The largest absolute Gasteiger partial charge is 0.368 e. The first-order valence-corrected chi connectivity index (χ1v) is 7.56. The van der Waals surface area contributed by atoms with E-state index in [1.165, 1.54) is 12.3 Å². The van der Waals surface area contributed by atoms with Crippen molar-refractivity contribution in [3.63, 3.8) is 0 Å². The lowest BCUT2D eigenvalue weighted by Crippen LogP contribution is -2.40. The molecule has 1 aromatic rings. The van der Waals surface area contributed by atoms with Gasteiger partial charge in [-0.1, -0.05) is 27.7 Å². The van der Waals surface area contributed by atoms with Gasteiger partial charge in [-0.25, -0.2) is 4.98 Å². The maximum atomic E-state index is 10.6. The van der Waals surface area contributed by atoms with Crippen LogP contribution in [-0.4, -0.2) is 40.5 Å². The van der Waals surface area contributed by atoms with Crippen LogP contribution in [0.15, 0.2) is 18.3 Å². The highest BCUT2D eigenvalue weighted by Crippen LogP contribution is 2.15. The summed E-state index contributed by atoms with van der Waals surface area (Å²) in [6, 6.07) is 3.58. The first kappa shape index (κ1) is 17.4. The van der Waals surface area contributed by atoms with Crippen molar-refractivity contribution in [3.05, 3.63) is 28.4 Å². The van der Waals surface area contributed by atoms with Gasteiger partial charge in [-0.05, 0) is 31.5 Å². The molecule has 1 N–H and O–H groups in total. The van der Waals surface area contributed by atoms with Crippen LogP contribution in [-0.2, 0) is 0 Å². The van der Waals surface area contributed by atoms with Crippen molar-refractivity contribution in [3.8, 4) is 0 Å². The SMILES string of the molecule is CCN(CC)C(CNc1ccc([N+](=O)[O-])cn1)CC(C)C. The Morgan fingerprint density at radius 2 is 2.00 bits per heavy atom. The fourth-order valence-electron chi connectivity index (χ4n) is 2.47. The lowest BCUT2D eigenvalue weighted by molar-refractivity contribution is -0.385. The molecule has 0 radical (unpaired) electrons. The summed E-state index contributed by atoms with van der Waals surface area (Å²) in [7, 11) is 0. The predicted octanol–water partition coefficient (Wildman–Crippen LogP) is 3.16. The number of rotatable bonds is 9. The van der Waals surface area contributed by atoms with Gasteiger partial charge in [-0.15, -0.1) is 0 Å². The summed E-state index contributed by atoms with van der Waals surface area (Å²) in [5.74, 6) is 1.31. The molecule has 0 aliphatic heterocycles. The molecule has 118 valence electrons. The predicted molar refractivity (Wildman–Crippen MR) is 85.5 cm³/mol. The van der Waals surface area contributed by atoms with Crippen LogP contribution < -0.4 is 5.32 Å². The number of anilines is 1. The molecule has 0 aromatic carbocycles. The summed E-state index contributed by atoms with van der Waals surface area (Å²) < 4.78 is 0. The fourth-order valence-corrected chi connectivity index (χ4v) is 2.47. The molecule has 0 aliphatic rings. The van der Waals surface area contributed by atoms with Gasteiger partial charge < -0.3 is 5.32 Å². The van der Waals surface area contributed by atoms with E-state index in [1.807, 2.05) is 0 Å². The number of nitrogens with zero attached hydrogens (tertiary/aromatic N) is 3. The van der Waals surface area contributed by atoms with Gasteiger partial charge in [0.05, 0.1) is 4.92 Å². The Morgan fingerprint density at radius 3 is 2.43 bits per heavy atom. The lowest BCUT2D eigenvalue weighted by Gasteiger charge is -2.31. The summed E-state index contributed by atoms with van der Waals surface area (Å²) in [5, 5.41) is 13.9. The third kappa shape index (κ3) is 5.67. The van der Waals surface area contributed by atoms with Crippen LogP contribution in [0, 0.1) is 16.0 Å². The molecule has 0 saturated carbocycles. The van der Waals surface area contributed by atoms with Crippen molar-refractivity contribution in [2.75, 3.05) is 25.0 Å². The summed E-state index contributed by atoms with van der Waals surface area (Å²) in [6.45, 7) is 11.6. The molecule has 0 amide bonds. The van der Waals surface area contributed by atoms with Crippen LogP contribution in [0.4, 0.5) is 11.5 Å². The Kier molecular flexibility index (Phi) is 7.08. The molecule has 1 heterocycles. The van der Waals surface area contributed by atoms with Crippen molar-refractivity contribution >= 4 is 11.5 Å². The Morgan fingerprint density at radius 1 is 1.33 bits per heavy atom. The van der Waals surface area contributed by atoms with Crippen molar-refractivity contribution in [1.29, 1.82) is 0 Å². The van der Waals surface area contributed by atoms with Crippen LogP contribution in [0.2, 0.25) is 0 Å². The van der Waals surface area contributed by atoms with Crippen molar-refractivity contribution in [1.82, 2.24) is 9.88 Å². The molecule has 0 aliphatic carbocycles. The highest BCUT2D eigenvalue weighted by Gasteiger charge is 2.17. The van der Waals surface area contributed by atoms with E-state index in [9.17, 15) is 10.1 Å². The second-order valence-electron chi connectivity index (χ2n) is 5.54. The summed E-state index contributed by atoms with van der Waals surface area (Å²) in [6.07, 6.45) is 2.40. The smallest absolute Gasteiger partial charge is 0.287 e. The van der Waals surface area contributed by atoms with Crippen LogP contribution in [0.25, 0.3) is 0 Å². The normalized spacial score (nSPS) is 12.7. The molecular weight excluding hydrogens is 268 g/mol. The number of likely N-dealkylation sites (N-methyl/N-ethyl adjacent to an activating group) is 1. The second kappa shape index (κ2) is 8.56. The fraction of sp³-hybridized carbons (Fsp3) is 0.667. The molecule has 1 aromatic heterocycles. The second-order valence-corrected chi connectivity index (χ2v) is 5.54. The van der Waals surface area contributed by atoms with Gasteiger partial charge in [-0.2, -0.15) is 0 Å². The molecular formula is C15H26N4O2. The van der Waals surface area contributed by atoms with Crippen LogP contribution in [0.5, 0.6) is 0 Å². The third-order valence-electron chi connectivity index (χ3n) is 3.55. The van der Waals surface area contributed by atoms with Crippen LogP contribution in [0.1, 0.15) is 34.1 Å². The van der Waals surface area contributed by atoms with Gasteiger partial charge in [0.25, 0.3) is 5.69 Å². The van der Waals surface area contributed by atoms with E-state index in [4.69, 9.17) is 0 Å². The van der Waals surface area contributed by atoms with E-state index in [0.29, 0.717) is 17.8 Å².